The van der Waals surface area contributed by atoms with Crippen LogP contribution >= 0.6 is 11.6 Å². The minimum atomic E-state index is -0.621. The number of hydrogen-bond donors (Lipinski definition) is 1. The number of rotatable bonds is 4. The van der Waals surface area contributed by atoms with Crippen molar-refractivity contribution in [2.75, 3.05) is 7.11 Å². The number of oxime groups is 1. The Balaban J connectivity index is 2.60. The largest absolute Gasteiger partial charge is 0.464 e. The van der Waals surface area contributed by atoms with E-state index in [0.29, 0.717) is 17.9 Å². The highest BCUT2D eigenvalue weighted by atomic mass is 35.5. The van der Waals surface area contributed by atoms with E-state index < -0.39 is 5.97 Å². The Morgan fingerprint density at radius 3 is 2.88 bits per heavy atom. The molecular weight excluding hydrogens is 230 g/mol. The van der Waals surface area contributed by atoms with Gasteiger partial charge in [-0.1, -0.05) is 28.9 Å². The third kappa shape index (κ3) is 3.55. The van der Waals surface area contributed by atoms with Crippen LogP contribution in [0.2, 0.25) is 5.02 Å². The standard InChI is InChI=1S/C11H12ClNO3/c1-16-11(14)10(13-15)6-5-8-3-2-4-9(12)7-8/h2-4,7,15H,5-6H2,1H3/b13-10-. The monoisotopic (exact) mass is 241 g/mol. The molecular formula is C11H12ClNO3. The summed E-state index contributed by atoms with van der Waals surface area (Å²) in [7, 11) is 1.24. The normalized spacial score (nSPS) is 11.2. The summed E-state index contributed by atoms with van der Waals surface area (Å²) < 4.78 is 4.46. The summed E-state index contributed by atoms with van der Waals surface area (Å²) in [6.45, 7) is 0. The summed E-state index contributed by atoms with van der Waals surface area (Å²) in [6, 6.07) is 7.28. The van der Waals surface area contributed by atoms with Crippen LogP contribution in [-0.2, 0) is 16.0 Å². The van der Waals surface area contributed by atoms with E-state index in [2.05, 4.69) is 9.89 Å². The maximum Gasteiger partial charge on any atom is 0.355 e. The van der Waals surface area contributed by atoms with E-state index in [4.69, 9.17) is 16.8 Å². The van der Waals surface area contributed by atoms with Crippen molar-refractivity contribution in [2.45, 2.75) is 12.8 Å². The lowest BCUT2D eigenvalue weighted by Gasteiger charge is -2.03. The molecule has 0 aromatic heterocycles. The van der Waals surface area contributed by atoms with Crippen LogP contribution in [0.5, 0.6) is 0 Å². The quantitative estimate of drug-likeness (QED) is 0.381. The highest BCUT2D eigenvalue weighted by Crippen LogP contribution is 2.12. The Morgan fingerprint density at radius 1 is 1.56 bits per heavy atom. The van der Waals surface area contributed by atoms with Gasteiger partial charge in [0.15, 0.2) is 5.71 Å². The summed E-state index contributed by atoms with van der Waals surface area (Å²) in [5.41, 5.74) is 0.972. The number of carbonyl (C=O) groups excluding carboxylic acids is 1. The van der Waals surface area contributed by atoms with Gasteiger partial charge >= 0.3 is 5.97 Å². The van der Waals surface area contributed by atoms with Crippen molar-refractivity contribution >= 4 is 23.3 Å². The first-order valence-electron chi connectivity index (χ1n) is 4.71. The van der Waals surface area contributed by atoms with Gasteiger partial charge in [0.25, 0.3) is 0 Å². The molecule has 0 aliphatic carbocycles. The minimum absolute atomic E-state index is 0.00229. The van der Waals surface area contributed by atoms with Crippen molar-refractivity contribution in [3.8, 4) is 0 Å². The van der Waals surface area contributed by atoms with E-state index in [-0.39, 0.29) is 5.71 Å². The molecule has 86 valence electrons. The van der Waals surface area contributed by atoms with Crippen molar-refractivity contribution in [1.29, 1.82) is 0 Å². The van der Waals surface area contributed by atoms with Crippen molar-refractivity contribution in [2.24, 2.45) is 5.16 Å². The lowest BCUT2D eigenvalue weighted by atomic mass is 10.1. The van der Waals surface area contributed by atoms with Crippen LogP contribution in [0.4, 0.5) is 0 Å². The molecule has 0 atom stereocenters. The number of hydrogen-bond acceptors (Lipinski definition) is 4. The molecule has 1 rings (SSSR count). The SMILES string of the molecule is COC(=O)/C(CCc1cccc(Cl)c1)=N\O. The summed E-state index contributed by atoms with van der Waals surface area (Å²) in [6.07, 6.45) is 0.874. The summed E-state index contributed by atoms with van der Waals surface area (Å²) in [4.78, 5) is 11.1. The van der Waals surface area contributed by atoms with E-state index in [9.17, 15) is 4.79 Å². The molecule has 0 heterocycles. The zero-order valence-electron chi connectivity index (χ0n) is 8.81. The predicted molar refractivity (Wildman–Crippen MR) is 61.0 cm³/mol. The topological polar surface area (TPSA) is 58.9 Å². The van der Waals surface area contributed by atoms with Gasteiger partial charge in [0.05, 0.1) is 7.11 Å². The van der Waals surface area contributed by atoms with Crippen molar-refractivity contribution in [3.63, 3.8) is 0 Å². The molecule has 0 amide bonds. The molecule has 0 aliphatic rings. The molecule has 0 saturated heterocycles. The van der Waals surface area contributed by atoms with Crippen LogP contribution in [-0.4, -0.2) is 24.0 Å². The number of ether oxygens (including phenoxy) is 1. The van der Waals surface area contributed by atoms with E-state index in [1.54, 1.807) is 12.1 Å². The van der Waals surface area contributed by atoms with Gasteiger partial charge in [-0.3, -0.25) is 0 Å². The first-order chi connectivity index (χ1) is 7.67. The van der Waals surface area contributed by atoms with Crippen LogP contribution in [0.1, 0.15) is 12.0 Å². The van der Waals surface area contributed by atoms with Crippen LogP contribution in [0.15, 0.2) is 29.4 Å². The maximum atomic E-state index is 11.1. The zero-order valence-corrected chi connectivity index (χ0v) is 9.57. The fraction of sp³-hybridized carbons (Fsp3) is 0.273. The van der Waals surface area contributed by atoms with Crippen molar-refractivity contribution in [3.05, 3.63) is 34.9 Å². The molecule has 1 aromatic rings. The van der Waals surface area contributed by atoms with Crippen LogP contribution in [0, 0.1) is 0 Å². The Hall–Kier alpha value is -1.55. The Kier molecular flexibility index (Phi) is 4.79. The number of carbonyl (C=O) groups is 1. The molecule has 0 spiro atoms. The number of benzene rings is 1. The van der Waals surface area contributed by atoms with Gasteiger partial charge in [0.2, 0.25) is 0 Å². The van der Waals surface area contributed by atoms with Gasteiger partial charge in [0, 0.05) is 11.4 Å². The second-order valence-electron chi connectivity index (χ2n) is 3.17. The molecule has 1 N–H and O–H groups in total. The lowest BCUT2D eigenvalue weighted by molar-refractivity contribution is -0.133. The second kappa shape index (κ2) is 6.12. The minimum Gasteiger partial charge on any atom is -0.464 e. The van der Waals surface area contributed by atoms with Crippen LogP contribution in [0.3, 0.4) is 0 Å². The first-order valence-corrected chi connectivity index (χ1v) is 5.09. The summed E-state index contributed by atoms with van der Waals surface area (Å²) in [5, 5.41) is 12.2. The van der Waals surface area contributed by atoms with E-state index in [0.717, 1.165) is 5.56 Å². The van der Waals surface area contributed by atoms with Gasteiger partial charge in [-0.25, -0.2) is 4.79 Å². The van der Waals surface area contributed by atoms with E-state index in [1.807, 2.05) is 12.1 Å². The Bertz CT molecular complexity index is 404. The summed E-state index contributed by atoms with van der Waals surface area (Å²) in [5.74, 6) is -0.621. The lowest BCUT2D eigenvalue weighted by Crippen LogP contribution is -2.16. The first kappa shape index (κ1) is 12.5. The maximum absolute atomic E-state index is 11.1. The molecule has 0 radical (unpaired) electrons. The number of esters is 1. The van der Waals surface area contributed by atoms with Crippen molar-refractivity contribution < 1.29 is 14.7 Å². The Labute approximate surface area is 98.5 Å². The van der Waals surface area contributed by atoms with E-state index in [1.165, 1.54) is 7.11 Å². The highest BCUT2D eigenvalue weighted by Gasteiger charge is 2.12. The fourth-order valence-electron chi connectivity index (χ4n) is 1.27. The second-order valence-corrected chi connectivity index (χ2v) is 3.60. The molecule has 16 heavy (non-hydrogen) atoms. The van der Waals surface area contributed by atoms with Crippen molar-refractivity contribution in [1.82, 2.24) is 0 Å². The third-order valence-electron chi connectivity index (χ3n) is 2.08. The molecule has 0 saturated carbocycles. The van der Waals surface area contributed by atoms with Gasteiger partial charge in [-0.2, -0.15) is 0 Å². The highest BCUT2D eigenvalue weighted by molar-refractivity contribution is 6.36. The Morgan fingerprint density at radius 2 is 2.31 bits per heavy atom. The van der Waals surface area contributed by atoms with Gasteiger partial charge in [0.1, 0.15) is 0 Å². The van der Waals surface area contributed by atoms with Crippen LogP contribution < -0.4 is 0 Å². The molecule has 0 bridgehead atoms. The number of halogens is 1. The molecule has 1 aromatic carbocycles. The smallest absolute Gasteiger partial charge is 0.355 e. The van der Waals surface area contributed by atoms with Crippen LogP contribution in [0.25, 0.3) is 0 Å². The predicted octanol–water partition coefficient (Wildman–Crippen LogP) is 2.28. The zero-order chi connectivity index (χ0) is 12.0. The number of methoxy groups -OCH3 is 1. The molecule has 5 heteroatoms. The average Bonchev–Trinajstić information content (AvgIpc) is 2.29. The molecule has 4 nitrogen and oxygen atoms in total. The van der Waals surface area contributed by atoms with Gasteiger partial charge in [-0.05, 0) is 24.1 Å². The number of aryl methyl sites for hydroxylation is 1. The molecule has 0 fully saturated rings. The number of nitrogens with zero attached hydrogens (tertiary/aromatic N) is 1. The van der Waals surface area contributed by atoms with Gasteiger partial charge in [-0.15, -0.1) is 0 Å². The molecule has 0 unspecified atom stereocenters. The molecule has 0 aliphatic heterocycles. The summed E-state index contributed by atoms with van der Waals surface area (Å²) >= 11 is 5.81. The third-order valence-corrected chi connectivity index (χ3v) is 2.32. The average molecular weight is 242 g/mol. The van der Waals surface area contributed by atoms with Gasteiger partial charge < -0.3 is 9.94 Å². The van der Waals surface area contributed by atoms with E-state index >= 15 is 0 Å². The fourth-order valence-corrected chi connectivity index (χ4v) is 1.48.